The second kappa shape index (κ2) is 9.15. The normalized spacial score (nSPS) is 18.1. The van der Waals surface area contributed by atoms with Gasteiger partial charge in [-0.05, 0) is 55.5 Å². The van der Waals surface area contributed by atoms with E-state index in [1.807, 2.05) is 0 Å². The molecule has 1 aliphatic rings. The Morgan fingerprint density at radius 1 is 1.25 bits per heavy atom. The number of hydrogen-bond donors (Lipinski definition) is 1. The quantitative estimate of drug-likeness (QED) is 0.593. The van der Waals surface area contributed by atoms with Gasteiger partial charge in [0.25, 0.3) is 5.56 Å². The van der Waals surface area contributed by atoms with E-state index >= 15 is 0 Å². The van der Waals surface area contributed by atoms with Crippen molar-refractivity contribution < 1.29 is 9.18 Å². The van der Waals surface area contributed by atoms with Crippen LogP contribution in [0.3, 0.4) is 0 Å². The molecule has 0 bridgehead atoms. The molecule has 0 amide bonds. The van der Waals surface area contributed by atoms with E-state index in [2.05, 4.69) is 22.9 Å². The Kier molecular flexibility index (Phi) is 6.13. The third-order valence-corrected chi connectivity index (χ3v) is 6.11. The maximum Gasteiger partial charge on any atom is 0.271 e. The first-order chi connectivity index (χ1) is 15.5. The average molecular weight is 430 g/mol. The molecule has 0 radical (unpaired) electrons. The van der Waals surface area contributed by atoms with E-state index in [-0.39, 0.29) is 35.7 Å². The number of aromatic nitrogens is 2. The van der Waals surface area contributed by atoms with E-state index in [1.54, 1.807) is 30.6 Å². The first kappa shape index (κ1) is 21.4. The molecule has 1 aliphatic carbocycles. The minimum Gasteiger partial charge on any atom is -0.380 e. The summed E-state index contributed by atoms with van der Waals surface area (Å²) in [4.78, 5) is 29.4. The largest absolute Gasteiger partial charge is 0.380 e. The minimum absolute atomic E-state index is 0.0110. The molecule has 162 valence electrons. The highest BCUT2D eigenvalue weighted by molar-refractivity contribution is 5.94. The van der Waals surface area contributed by atoms with Crippen LogP contribution < -0.4 is 10.9 Å². The summed E-state index contributed by atoms with van der Waals surface area (Å²) in [5.41, 5.74) is 1.49. The summed E-state index contributed by atoms with van der Waals surface area (Å²) in [7, 11) is 0. The summed E-state index contributed by atoms with van der Waals surface area (Å²) in [6.45, 7) is 3.78. The van der Waals surface area contributed by atoms with Gasteiger partial charge in [0, 0.05) is 29.7 Å². The minimum atomic E-state index is -0.409. The SMILES string of the molecule is C=CC(=O)C1CCC(Nc2c(C#N)c(=O)n(Cc3ccc(F)cc3)c3ccncc23)CC1. The molecular weight excluding hydrogens is 407 g/mol. The molecule has 1 saturated carbocycles. The monoisotopic (exact) mass is 430 g/mol. The fourth-order valence-corrected chi connectivity index (χ4v) is 4.38. The van der Waals surface area contributed by atoms with Crippen molar-refractivity contribution >= 4 is 22.4 Å². The third-order valence-electron chi connectivity index (χ3n) is 6.11. The van der Waals surface area contributed by atoms with Gasteiger partial charge in [-0.15, -0.1) is 0 Å². The van der Waals surface area contributed by atoms with Gasteiger partial charge >= 0.3 is 0 Å². The van der Waals surface area contributed by atoms with Crippen molar-refractivity contribution in [2.75, 3.05) is 5.32 Å². The number of rotatable bonds is 6. The number of carbonyl (C=O) groups is 1. The van der Waals surface area contributed by atoms with Crippen molar-refractivity contribution in [3.8, 4) is 6.07 Å². The highest BCUT2D eigenvalue weighted by Gasteiger charge is 2.26. The summed E-state index contributed by atoms with van der Waals surface area (Å²) >= 11 is 0. The van der Waals surface area contributed by atoms with Crippen molar-refractivity contribution in [1.29, 1.82) is 5.26 Å². The molecule has 0 aliphatic heterocycles. The fraction of sp³-hybridized carbons (Fsp3) is 0.280. The smallest absolute Gasteiger partial charge is 0.271 e. The van der Waals surface area contributed by atoms with Gasteiger partial charge in [-0.1, -0.05) is 18.7 Å². The molecule has 0 saturated heterocycles. The standard InChI is InChI=1S/C25H23FN4O2/c1-2-23(31)17-5-9-19(10-6-17)29-24-20(13-27)25(32)30(22-11-12-28-14-21(22)24)15-16-3-7-18(26)8-4-16/h2-4,7-8,11-12,14,17,19,29H,1,5-6,9-10,15H2. The molecule has 1 N–H and O–H groups in total. The molecule has 6 nitrogen and oxygen atoms in total. The highest BCUT2D eigenvalue weighted by Crippen LogP contribution is 2.31. The zero-order chi connectivity index (χ0) is 22.7. The van der Waals surface area contributed by atoms with Crippen molar-refractivity contribution in [3.63, 3.8) is 0 Å². The second-order valence-corrected chi connectivity index (χ2v) is 8.07. The Balaban J connectivity index is 1.71. The summed E-state index contributed by atoms with van der Waals surface area (Å²) in [6, 6.07) is 9.79. The van der Waals surface area contributed by atoms with Crippen LogP contribution in [-0.2, 0) is 11.3 Å². The molecule has 2 heterocycles. The molecule has 1 aromatic carbocycles. The van der Waals surface area contributed by atoms with E-state index in [0.717, 1.165) is 31.2 Å². The molecule has 0 spiro atoms. The fourth-order valence-electron chi connectivity index (χ4n) is 4.38. The van der Waals surface area contributed by atoms with Crippen LogP contribution in [0.15, 0.2) is 60.2 Å². The van der Waals surface area contributed by atoms with Crippen LogP contribution in [-0.4, -0.2) is 21.4 Å². The summed E-state index contributed by atoms with van der Waals surface area (Å²) in [6.07, 6.45) is 7.62. The molecule has 32 heavy (non-hydrogen) atoms. The third kappa shape index (κ3) is 4.17. The highest BCUT2D eigenvalue weighted by atomic mass is 19.1. The topological polar surface area (TPSA) is 87.8 Å². The van der Waals surface area contributed by atoms with Crippen LogP contribution in [0.5, 0.6) is 0 Å². The van der Waals surface area contributed by atoms with Gasteiger partial charge in [0.2, 0.25) is 0 Å². The van der Waals surface area contributed by atoms with Gasteiger partial charge in [0.1, 0.15) is 17.4 Å². The van der Waals surface area contributed by atoms with Crippen molar-refractivity contribution in [1.82, 2.24) is 9.55 Å². The lowest BCUT2D eigenvalue weighted by Crippen LogP contribution is -2.31. The molecule has 0 atom stereocenters. The van der Waals surface area contributed by atoms with Gasteiger partial charge in [0.05, 0.1) is 17.7 Å². The Bertz CT molecular complexity index is 1270. The number of benzene rings is 1. The Labute approximate surface area is 185 Å². The lowest BCUT2D eigenvalue weighted by molar-refractivity contribution is -0.119. The first-order valence-electron chi connectivity index (χ1n) is 10.6. The van der Waals surface area contributed by atoms with Crippen LogP contribution in [0.4, 0.5) is 10.1 Å². The van der Waals surface area contributed by atoms with Crippen LogP contribution >= 0.6 is 0 Å². The number of anilines is 1. The number of hydrogen-bond acceptors (Lipinski definition) is 5. The van der Waals surface area contributed by atoms with Crippen LogP contribution in [0.2, 0.25) is 0 Å². The Morgan fingerprint density at radius 2 is 1.97 bits per heavy atom. The number of nitrogens with one attached hydrogen (secondary N) is 1. The predicted octanol–water partition coefficient (Wildman–Crippen LogP) is 4.18. The zero-order valence-electron chi connectivity index (χ0n) is 17.6. The second-order valence-electron chi connectivity index (χ2n) is 8.07. The molecule has 2 aromatic heterocycles. The number of ketones is 1. The van der Waals surface area contributed by atoms with Gasteiger partial charge in [-0.25, -0.2) is 4.39 Å². The Hall–Kier alpha value is -3.79. The molecular formula is C25H23FN4O2. The van der Waals surface area contributed by atoms with E-state index in [4.69, 9.17) is 0 Å². The van der Waals surface area contributed by atoms with Crippen LogP contribution in [0.25, 0.3) is 10.9 Å². The number of allylic oxidation sites excluding steroid dienone is 1. The van der Waals surface area contributed by atoms with Gasteiger partial charge in [-0.3, -0.25) is 14.6 Å². The van der Waals surface area contributed by atoms with Crippen LogP contribution in [0, 0.1) is 23.1 Å². The molecule has 3 aromatic rings. The van der Waals surface area contributed by atoms with E-state index in [1.165, 1.54) is 22.8 Å². The zero-order valence-corrected chi connectivity index (χ0v) is 17.6. The van der Waals surface area contributed by atoms with Gasteiger partial charge < -0.3 is 9.88 Å². The molecule has 4 rings (SSSR count). The molecule has 1 fully saturated rings. The number of fused-ring (bicyclic) bond motifs is 1. The summed E-state index contributed by atoms with van der Waals surface area (Å²) in [5.74, 6) is -0.292. The number of nitrogens with zero attached hydrogens (tertiary/aromatic N) is 3. The lowest BCUT2D eigenvalue weighted by Gasteiger charge is -2.29. The summed E-state index contributed by atoms with van der Waals surface area (Å²) in [5, 5.41) is 13.9. The average Bonchev–Trinajstić information content (AvgIpc) is 2.83. The summed E-state index contributed by atoms with van der Waals surface area (Å²) < 4.78 is 14.8. The molecule has 0 unspecified atom stereocenters. The van der Waals surface area contributed by atoms with Crippen molar-refractivity contribution in [2.24, 2.45) is 5.92 Å². The number of pyridine rings is 2. The van der Waals surface area contributed by atoms with Gasteiger partial charge in [-0.2, -0.15) is 5.26 Å². The maximum absolute atomic E-state index is 13.3. The predicted molar refractivity (Wildman–Crippen MR) is 121 cm³/mol. The van der Waals surface area contributed by atoms with E-state index in [0.29, 0.717) is 16.6 Å². The lowest BCUT2D eigenvalue weighted by atomic mass is 9.83. The Morgan fingerprint density at radius 3 is 2.62 bits per heavy atom. The van der Waals surface area contributed by atoms with Crippen LogP contribution in [0.1, 0.15) is 36.8 Å². The van der Waals surface area contributed by atoms with Crippen molar-refractivity contribution in [3.05, 3.63) is 82.7 Å². The maximum atomic E-state index is 13.3. The number of halogens is 1. The number of carbonyl (C=O) groups excluding carboxylic acids is 1. The van der Waals surface area contributed by atoms with Gasteiger partial charge in [0.15, 0.2) is 5.78 Å². The first-order valence-corrected chi connectivity index (χ1v) is 10.6. The van der Waals surface area contributed by atoms with Crippen molar-refractivity contribution in [2.45, 2.75) is 38.3 Å². The van der Waals surface area contributed by atoms with E-state index in [9.17, 15) is 19.2 Å². The van der Waals surface area contributed by atoms with E-state index < -0.39 is 5.56 Å². The number of nitriles is 1. The molecule has 7 heteroatoms.